The first-order valence-electron chi connectivity index (χ1n) is 23.2. The SMILES string of the molecule is C=C1C[C@@]23CC[C@H]4[C@@](C)(CCC[C@@]4(C)C(=O)O[C@@H]4O[C@H](OO)[C@@H](O)[C@H](O[C@H]5O[C@H](OO)[C@@H](O)[C@H](O)[C@H]5O)[C@H]4O)[C@@H]2CC[C@]1(O[C@@H]1O[C@H](CO)[C@@H](O[C@H]2O[C@H](CO)[C@@H](OC)[C@H](O)[C@H]2O)[C@H](O)[C@H]1O)C3. The van der Waals surface area contributed by atoms with Gasteiger partial charge in [-0.25, -0.2) is 20.3 Å². The fourth-order valence-electron chi connectivity index (χ4n) is 13.5. The number of methoxy groups -OCH3 is 1. The van der Waals surface area contributed by atoms with Crippen LogP contribution in [0.3, 0.4) is 0 Å². The molecule has 0 aromatic heterocycles. The van der Waals surface area contributed by atoms with E-state index in [0.29, 0.717) is 51.4 Å². The lowest BCUT2D eigenvalue weighted by atomic mass is 9.41. The molecule has 0 aromatic carbocycles. The molecule has 4 saturated heterocycles. The van der Waals surface area contributed by atoms with Crippen LogP contribution in [0.1, 0.15) is 71.6 Å². The predicted octanol–water partition coefficient (Wildman–Crippen LogP) is -3.55. The van der Waals surface area contributed by atoms with Crippen LogP contribution in [0.2, 0.25) is 0 Å². The van der Waals surface area contributed by atoms with Crippen LogP contribution in [0.15, 0.2) is 12.2 Å². The first-order valence-corrected chi connectivity index (χ1v) is 23.2. The maximum absolute atomic E-state index is 14.5. The van der Waals surface area contributed by atoms with Gasteiger partial charge in [0.25, 0.3) is 0 Å². The van der Waals surface area contributed by atoms with E-state index in [-0.39, 0.29) is 17.3 Å². The maximum atomic E-state index is 14.5. The van der Waals surface area contributed by atoms with Crippen LogP contribution < -0.4 is 0 Å². The largest absolute Gasteiger partial charge is 0.432 e. The summed E-state index contributed by atoms with van der Waals surface area (Å²) < 4.78 is 51.5. The molecule has 0 amide bonds. The highest BCUT2D eigenvalue weighted by atomic mass is 17.1. The van der Waals surface area contributed by atoms with E-state index in [1.165, 1.54) is 7.11 Å². The van der Waals surface area contributed by atoms with Gasteiger partial charge in [-0.3, -0.25) is 4.79 Å². The van der Waals surface area contributed by atoms with Crippen molar-refractivity contribution in [3.63, 3.8) is 0 Å². The van der Waals surface area contributed by atoms with E-state index in [2.05, 4.69) is 23.3 Å². The maximum Gasteiger partial charge on any atom is 0.314 e. The smallest absolute Gasteiger partial charge is 0.314 e. The van der Waals surface area contributed by atoms with Gasteiger partial charge in [-0.15, -0.1) is 0 Å². The predicted molar refractivity (Wildman–Crippen MR) is 217 cm³/mol. The molecule has 2 bridgehead atoms. The molecular formula is C43H68O25. The minimum Gasteiger partial charge on any atom is -0.432 e. The van der Waals surface area contributed by atoms with E-state index >= 15 is 0 Å². The molecule has 68 heavy (non-hydrogen) atoms. The van der Waals surface area contributed by atoms with Crippen LogP contribution in [-0.2, 0) is 57.2 Å². The van der Waals surface area contributed by atoms with Crippen molar-refractivity contribution in [3.05, 3.63) is 12.2 Å². The summed E-state index contributed by atoms with van der Waals surface area (Å²) in [6, 6.07) is 0. The van der Waals surface area contributed by atoms with Gasteiger partial charge in [0.15, 0.2) is 18.9 Å². The number of fused-ring (bicyclic) bond motifs is 3. The summed E-state index contributed by atoms with van der Waals surface area (Å²) in [6.07, 6.45) is -29.1. The van der Waals surface area contributed by atoms with Gasteiger partial charge in [0.1, 0.15) is 85.5 Å². The summed E-state index contributed by atoms with van der Waals surface area (Å²) in [6.45, 7) is 7.09. The molecule has 0 radical (unpaired) electrons. The van der Waals surface area contributed by atoms with E-state index in [4.69, 9.17) is 47.9 Å². The fraction of sp³-hybridized carbons (Fsp3) is 0.930. The van der Waals surface area contributed by atoms with Crippen LogP contribution >= 0.6 is 0 Å². The molecular weight excluding hydrogens is 916 g/mol. The lowest BCUT2D eigenvalue weighted by Crippen LogP contribution is -2.65. The number of carbonyl (C=O) groups is 1. The van der Waals surface area contributed by atoms with Crippen molar-refractivity contribution >= 4 is 5.97 Å². The van der Waals surface area contributed by atoms with Crippen molar-refractivity contribution < 1.29 is 124 Å². The summed E-state index contributed by atoms with van der Waals surface area (Å²) in [5, 5.41) is 136. The van der Waals surface area contributed by atoms with Crippen molar-refractivity contribution in [2.45, 2.75) is 200 Å². The van der Waals surface area contributed by atoms with Crippen molar-refractivity contribution in [1.82, 2.24) is 0 Å². The Morgan fingerprint density at radius 1 is 0.618 bits per heavy atom. The van der Waals surface area contributed by atoms with Crippen LogP contribution in [0.4, 0.5) is 0 Å². The molecule has 4 saturated carbocycles. The Morgan fingerprint density at radius 3 is 1.81 bits per heavy atom. The second-order valence-electron chi connectivity index (χ2n) is 20.5. The van der Waals surface area contributed by atoms with Gasteiger partial charge in [0, 0.05) is 7.11 Å². The normalized spacial score (nSPS) is 53.9. The Kier molecular flexibility index (Phi) is 15.4. The molecule has 8 aliphatic rings. The molecule has 0 unspecified atom stereocenters. The van der Waals surface area contributed by atoms with Crippen LogP contribution in [-0.4, -0.2) is 222 Å². The molecule has 0 aromatic rings. The standard InChI is InChI=1S/C43H68O25/c1-16-12-42-10-6-19-40(2,8-5-9-41(19,3)39(55)65-35-28(53)32(29(54)38(64-35)68-57)62-34-24(49)21(46)25(50)37(63-34)67-56)20(42)7-11-43(16,15-42)66-36-27(52)23(48)31(18(14-45)60-36)61-33-26(51)22(47)30(58-4)17(13-44)59-33/h17-38,44-54,56-57H,1,5-15H2,2-4H3/t17-,18-,19+,20+,21-,22-,23-,24-,25+,26-,27-,28-,29+,30-,31-,32-,33-,34+,35+,36+,37-,38-,40-,41-,42-,43+/m1/s1. The molecule has 8 rings (SSSR count). The summed E-state index contributed by atoms with van der Waals surface area (Å²) in [5.74, 6) is -0.963. The highest BCUT2D eigenvalue weighted by Gasteiger charge is 2.69. The third kappa shape index (κ3) is 8.68. The van der Waals surface area contributed by atoms with Crippen molar-refractivity contribution in [3.8, 4) is 0 Å². The van der Waals surface area contributed by atoms with E-state index < -0.39 is 159 Å². The Morgan fingerprint density at radius 2 is 1.15 bits per heavy atom. The van der Waals surface area contributed by atoms with Gasteiger partial charge >= 0.3 is 5.97 Å². The summed E-state index contributed by atoms with van der Waals surface area (Å²) in [5.41, 5.74) is -2.19. The monoisotopic (exact) mass is 984 g/mol. The first-order chi connectivity index (χ1) is 32.2. The lowest BCUT2D eigenvalue weighted by Gasteiger charge is -2.64. The summed E-state index contributed by atoms with van der Waals surface area (Å²) in [7, 11) is 1.27. The number of esters is 1. The average molecular weight is 985 g/mol. The Labute approximate surface area is 390 Å². The van der Waals surface area contributed by atoms with Gasteiger partial charge in [0.2, 0.25) is 18.9 Å². The molecule has 4 aliphatic carbocycles. The zero-order valence-electron chi connectivity index (χ0n) is 37.9. The number of aliphatic hydroxyl groups excluding tert-OH is 11. The Hall–Kier alpha value is -1.71. The van der Waals surface area contributed by atoms with Gasteiger partial charge < -0.3 is 98.8 Å². The Bertz CT molecular complexity index is 1780. The van der Waals surface area contributed by atoms with Crippen molar-refractivity contribution in [2.24, 2.45) is 28.1 Å². The van der Waals surface area contributed by atoms with Crippen molar-refractivity contribution in [1.29, 1.82) is 0 Å². The van der Waals surface area contributed by atoms with E-state index in [9.17, 15) is 66.2 Å². The van der Waals surface area contributed by atoms with E-state index in [0.717, 1.165) is 12.0 Å². The van der Waals surface area contributed by atoms with Crippen LogP contribution in [0.5, 0.6) is 0 Å². The first kappa shape index (κ1) is 52.6. The molecule has 8 fully saturated rings. The number of hydrogen-bond donors (Lipinski definition) is 13. The quantitative estimate of drug-likeness (QED) is 0.0279. The molecule has 390 valence electrons. The molecule has 13 N–H and O–H groups in total. The minimum absolute atomic E-state index is 0.0415. The van der Waals surface area contributed by atoms with E-state index in [1.807, 2.05) is 0 Å². The molecule has 25 nitrogen and oxygen atoms in total. The summed E-state index contributed by atoms with van der Waals surface area (Å²) >= 11 is 0. The number of hydrogen-bond acceptors (Lipinski definition) is 25. The van der Waals surface area contributed by atoms with Gasteiger partial charge in [-0.05, 0) is 86.5 Å². The fourth-order valence-corrected chi connectivity index (χ4v) is 13.5. The van der Waals surface area contributed by atoms with Gasteiger partial charge in [0.05, 0.1) is 24.2 Å². The van der Waals surface area contributed by atoms with Crippen LogP contribution in [0.25, 0.3) is 0 Å². The second kappa shape index (κ2) is 20.0. The zero-order valence-corrected chi connectivity index (χ0v) is 37.9. The third-order valence-corrected chi connectivity index (χ3v) is 16.9. The lowest BCUT2D eigenvalue weighted by molar-refractivity contribution is -0.454. The third-order valence-electron chi connectivity index (χ3n) is 16.9. The topological polar surface area (TPSA) is 382 Å². The molecule has 4 heterocycles. The van der Waals surface area contributed by atoms with Crippen LogP contribution in [0, 0.1) is 28.1 Å². The van der Waals surface area contributed by atoms with Gasteiger partial charge in [-0.2, -0.15) is 0 Å². The van der Waals surface area contributed by atoms with E-state index in [1.54, 1.807) is 6.92 Å². The number of rotatable bonds is 13. The molecule has 26 atom stereocenters. The van der Waals surface area contributed by atoms with Crippen molar-refractivity contribution in [2.75, 3.05) is 20.3 Å². The summed E-state index contributed by atoms with van der Waals surface area (Å²) in [4.78, 5) is 22.8. The minimum atomic E-state index is -2.01. The number of carbonyl (C=O) groups excluding carboxylic acids is 1. The molecule has 25 heteroatoms. The zero-order chi connectivity index (χ0) is 49.4. The number of ether oxygens (including phenoxy) is 9. The highest BCUT2D eigenvalue weighted by molar-refractivity contribution is 5.77. The second-order valence-corrected chi connectivity index (χ2v) is 20.5. The Balaban J connectivity index is 0.943. The van der Waals surface area contributed by atoms with Gasteiger partial charge in [-0.1, -0.05) is 19.9 Å². The average Bonchev–Trinajstić information content (AvgIpc) is 3.51. The number of aliphatic hydroxyl groups is 11. The highest BCUT2D eigenvalue weighted by Crippen LogP contribution is 2.73. The molecule has 1 spiro atoms. The molecule has 4 aliphatic heterocycles.